The summed E-state index contributed by atoms with van der Waals surface area (Å²) < 4.78 is 2.50. The predicted molar refractivity (Wildman–Crippen MR) is 68.4 cm³/mol. The lowest BCUT2D eigenvalue weighted by Gasteiger charge is -2.04. The number of aryl methyl sites for hydroxylation is 1. The second kappa shape index (κ2) is 4.55. The Balaban J connectivity index is 2.70. The van der Waals surface area contributed by atoms with Crippen molar-refractivity contribution in [3.8, 4) is 0 Å². The Morgan fingerprint density at radius 1 is 1.44 bits per heavy atom. The molecule has 0 bridgehead atoms. The molecule has 0 amide bonds. The number of rotatable bonds is 3. The fourth-order valence-corrected chi connectivity index (χ4v) is 2.95. The van der Waals surface area contributed by atoms with Gasteiger partial charge in [-0.1, -0.05) is 30.0 Å². The lowest BCUT2D eigenvalue weighted by atomic mass is 10.3. The molecule has 2 heterocycles. The van der Waals surface area contributed by atoms with Gasteiger partial charge in [0.05, 0.1) is 0 Å². The highest BCUT2D eigenvalue weighted by Gasteiger charge is 2.12. The van der Waals surface area contributed by atoms with Crippen molar-refractivity contribution in [3.05, 3.63) is 16.2 Å². The van der Waals surface area contributed by atoms with Crippen LogP contribution in [0.15, 0.2) is 9.13 Å². The molecular formula is C10H13N3OS2. The molecule has 4 nitrogen and oxygen atoms in total. The van der Waals surface area contributed by atoms with Crippen LogP contribution in [-0.4, -0.2) is 20.8 Å². The van der Waals surface area contributed by atoms with E-state index in [0.717, 1.165) is 27.8 Å². The van der Waals surface area contributed by atoms with E-state index < -0.39 is 0 Å². The Labute approximate surface area is 102 Å². The lowest BCUT2D eigenvalue weighted by molar-refractivity contribution is 0.717. The standard InChI is InChI=1S/C10H13N3OS2/c1-4-5-6-11-8-7(9(14)13(6)2)12-10(15-3)16-8/h4-5H2,1-3H3. The van der Waals surface area contributed by atoms with E-state index in [1.165, 1.54) is 11.3 Å². The van der Waals surface area contributed by atoms with Gasteiger partial charge < -0.3 is 0 Å². The molecule has 2 rings (SSSR count). The van der Waals surface area contributed by atoms with Crippen LogP contribution in [-0.2, 0) is 13.5 Å². The van der Waals surface area contributed by atoms with Gasteiger partial charge in [-0.3, -0.25) is 9.36 Å². The molecule has 0 unspecified atom stereocenters. The van der Waals surface area contributed by atoms with Crippen molar-refractivity contribution >= 4 is 33.4 Å². The van der Waals surface area contributed by atoms with Crippen molar-refractivity contribution in [3.63, 3.8) is 0 Å². The number of hydrogen-bond donors (Lipinski definition) is 0. The van der Waals surface area contributed by atoms with Crippen molar-refractivity contribution < 1.29 is 0 Å². The molecule has 0 saturated carbocycles. The molecule has 0 aromatic carbocycles. The van der Waals surface area contributed by atoms with E-state index >= 15 is 0 Å². The molecule has 0 saturated heterocycles. The fraction of sp³-hybridized carbons (Fsp3) is 0.500. The molecule has 0 atom stereocenters. The van der Waals surface area contributed by atoms with Crippen LogP contribution in [0, 0.1) is 0 Å². The minimum absolute atomic E-state index is 0.0370. The largest absolute Gasteiger partial charge is 0.298 e. The lowest BCUT2D eigenvalue weighted by Crippen LogP contribution is -2.22. The summed E-state index contributed by atoms with van der Waals surface area (Å²) in [5.74, 6) is 0.844. The summed E-state index contributed by atoms with van der Waals surface area (Å²) in [4.78, 5) is 21.5. The second-order valence-electron chi connectivity index (χ2n) is 3.48. The maximum absolute atomic E-state index is 12.0. The average Bonchev–Trinajstić information content (AvgIpc) is 2.69. The average molecular weight is 255 g/mol. The second-order valence-corrected chi connectivity index (χ2v) is 5.51. The highest BCUT2D eigenvalue weighted by atomic mass is 32.2. The number of aromatic nitrogens is 3. The molecule has 0 aliphatic rings. The number of nitrogens with zero attached hydrogens (tertiary/aromatic N) is 3. The van der Waals surface area contributed by atoms with Gasteiger partial charge in [0.25, 0.3) is 5.56 Å². The first kappa shape index (κ1) is 11.6. The van der Waals surface area contributed by atoms with Gasteiger partial charge in [-0.05, 0) is 12.7 Å². The zero-order chi connectivity index (χ0) is 11.7. The van der Waals surface area contributed by atoms with E-state index in [2.05, 4.69) is 16.9 Å². The van der Waals surface area contributed by atoms with Crippen LogP contribution in [0.1, 0.15) is 19.2 Å². The number of thiazole rings is 1. The molecule has 0 spiro atoms. The normalized spacial score (nSPS) is 11.2. The Morgan fingerprint density at radius 3 is 2.81 bits per heavy atom. The third-order valence-electron chi connectivity index (χ3n) is 2.36. The number of thioether (sulfide) groups is 1. The molecule has 0 aliphatic carbocycles. The molecule has 16 heavy (non-hydrogen) atoms. The highest BCUT2D eigenvalue weighted by Crippen LogP contribution is 2.24. The molecule has 0 aliphatic heterocycles. The van der Waals surface area contributed by atoms with Crippen molar-refractivity contribution in [2.24, 2.45) is 7.05 Å². The first-order valence-electron chi connectivity index (χ1n) is 5.07. The molecule has 6 heteroatoms. The highest BCUT2D eigenvalue weighted by molar-refractivity contribution is 8.00. The summed E-state index contributed by atoms with van der Waals surface area (Å²) in [6.07, 6.45) is 3.77. The fourth-order valence-electron chi connectivity index (χ4n) is 1.51. The molecular weight excluding hydrogens is 242 g/mol. The van der Waals surface area contributed by atoms with Crippen LogP contribution in [0.3, 0.4) is 0 Å². The number of fused-ring (bicyclic) bond motifs is 1. The molecule has 0 radical (unpaired) electrons. The van der Waals surface area contributed by atoms with E-state index in [1.807, 2.05) is 6.26 Å². The number of hydrogen-bond acceptors (Lipinski definition) is 5. The van der Waals surface area contributed by atoms with E-state index in [0.29, 0.717) is 5.52 Å². The van der Waals surface area contributed by atoms with E-state index in [1.54, 1.807) is 23.4 Å². The van der Waals surface area contributed by atoms with Crippen LogP contribution >= 0.6 is 23.1 Å². The molecule has 2 aromatic rings. The summed E-state index contributed by atoms with van der Waals surface area (Å²) in [6, 6.07) is 0. The Morgan fingerprint density at radius 2 is 2.19 bits per heavy atom. The van der Waals surface area contributed by atoms with Gasteiger partial charge in [0, 0.05) is 13.5 Å². The SMILES string of the molecule is CCCc1nc2sc(SC)nc2c(=O)n1C. The third kappa shape index (κ3) is 1.87. The van der Waals surface area contributed by atoms with Gasteiger partial charge in [0.15, 0.2) is 14.7 Å². The summed E-state index contributed by atoms with van der Waals surface area (Å²) in [5.41, 5.74) is 0.460. The van der Waals surface area contributed by atoms with Crippen LogP contribution in [0.5, 0.6) is 0 Å². The van der Waals surface area contributed by atoms with Gasteiger partial charge in [0.1, 0.15) is 5.82 Å². The van der Waals surface area contributed by atoms with E-state index in [4.69, 9.17) is 0 Å². The zero-order valence-corrected chi connectivity index (χ0v) is 11.1. The summed E-state index contributed by atoms with van der Waals surface area (Å²) >= 11 is 3.04. The minimum Gasteiger partial charge on any atom is -0.298 e. The Bertz CT molecular complexity index is 573. The maximum atomic E-state index is 12.0. The molecule has 2 aromatic heterocycles. The molecule has 0 N–H and O–H groups in total. The molecule has 86 valence electrons. The topological polar surface area (TPSA) is 47.8 Å². The summed E-state index contributed by atoms with van der Waals surface area (Å²) in [6.45, 7) is 2.08. The van der Waals surface area contributed by atoms with Gasteiger partial charge in [0.2, 0.25) is 0 Å². The first-order valence-corrected chi connectivity index (χ1v) is 7.12. The van der Waals surface area contributed by atoms with Gasteiger partial charge in [-0.25, -0.2) is 9.97 Å². The Hall–Kier alpha value is -0.880. The van der Waals surface area contributed by atoms with E-state index in [9.17, 15) is 4.79 Å². The minimum atomic E-state index is -0.0370. The monoisotopic (exact) mass is 255 g/mol. The van der Waals surface area contributed by atoms with Crippen LogP contribution in [0.2, 0.25) is 0 Å². The van der Waals surface area contributed by atoms with E-state index in [-0.39, 0.29) is 5.56 Å². The van der Waals surface area contributed by atoms with Crippen LogP contribution in [0.25, 0.3) is 10.3 Å². The van der Waals surface area contributed by atoms with Crippen LogP contribution < -0.4 is 5.56 Å². The first-order chi connectivity index (χ1) is 7.67. The van der Waals surface area contributed by atoms with Crippen LogP contribution in [0.4, 0.5) is 0 Å². The van der Waals surface area contributed by atoms with Crippen molar-refractivity contribution in [2.75, 3.05) is 6.26 Å². The third-order valence-corrected chi connectivity index (χ3v) is 4.30. The molecule has 0 fully saturated rings. The quantitative estimate of drug-likeness (QED) is 0.788. The van der Waals surface area contributed by atoms with Gasteiger partial charge in [-0.2, -0.15) is 0 Å². The van der Waals surface area contributed by atoms with Crippen molar-refractivity contribution in [1.29, 1.82) is 0 Å². The maximum Gasteiger partial charge on any atom is 0.280 e. The van der Waals surface area contributed by atoms with Gasteiger partial charge in [-0.15, -0.1) is 0 Å². The Kier molecular flexibility index (Phi) is 3.30. The summed E-state index contributed by atoms with van der Waals surface area (Å²) in [7, 11) is 1.76. The predicted octanol–water partition coefficient (Wildman–Crippen LogP) is 2.06. The van der Waals surface area contributed by atoms with Crippen molar-refractivity contribution in [2.45, 2.75) is 24.1 Å². The summed E-state index contributed by atoms with van der Waals surface area (Å²) in [5, 5.41) is 0. The smallest absolute Gasteiger partial charge is 0.280 e. The van der Waals surface area contributed by atoms with Crippen molar-refractivity contribution in [1.82, 2.24) is 14.5 Å². The van der Waals surface area contributed by atoms with Gasteiger partial charge >= 0.3 is 0 Å². The zero-order valence-electron chi connectivity index (χ0n) is 9.48.